The minimum Gasteiger partial charge on any atom is -0.483 e. The lowest BCUT2D eigenvalue weighted by molar-refractivity contribution is -0.139. The molecule has 114 valence electrons. The number of ether oxygens (including phenoxy) is 1. The van der Waals surface area contributed by atoms with E-state index in [-0.39, 0.29) is 18.4 Å². The Morgan fingerprint density at radius 3 is 2.38 bits per heavy atom. The third-order valence-corrected chi connectivity index (χ3v) is 3.62. The second-order valence-electron chi connectivity index (χ2n) is 4.99. The summed E-state index contributed by atoms with van der Waals surface area (Å²) in [7, 11) is 0. The number of nitrogens with two attached hydrogens (primary N) is 1. The van der Waals surface area contributed by atoms with Gasteiger partial charge in [0.15, 0.2) is 6.61 Å². The van der Waals surface area contributed by atoms with E-state index in [1.54, 1.807) is 16.7 Å². The van der Waals surface area contributed by atoms with Gasteiger partial charge in [-0.1, -0.05) is 18.2 Å². The van der Waals surface area contributed by atoms with E-state index in [0.717, 1.165) is 5.56 Å². The summed E-state index contributed by atoms with van der Waals surface area (Å²) >= 11 is 0. The number of rotatable bonds is 4. The van der Waals surface area contributed by atoms with Gasteiger partial charge < -0.3 is 20.3 Å². The Balaban J connectivity index is 1.84. The Morgan fingerprint density at radius 1 is 1.14 bits per heavy atom. The van der Waals surface area contributed by atoms with Gasteiger partial charge >= 0.3 is 0 Å². The third kappa shape index (κ3) is 3.95. The van der Waals surface area contributed by atoms with Crippen LogP contribution >= 0.6 is 0 Å². The van der Waals surface area contributed by atoms with Crippen LogP contribution in [0, 0.1) is 0 Å². The Bertz CT molecular complexity index is 511. The second kappa shape index (κ2) is 7.08. The zero-order valence-corrected chi connectivity index (χ0v) is 12.2. The molecular formula is C15H21N3O3. The first-order valence-electron chi connectivity index (χ1n) is 7.06. The van der Waals surface area contributed by atoms with Crippen molar-refractivity contribution in [3.05, 3.63) is 29.8 Å². The van der Waals surface area contributed by atoms with Crippen LogP contribution in [0.3, 0.4) is 0 Å². The minimum atomic E-state index is -0.0648. The molecule has 1 saturated heterocycles. The van der Waals surface area contributed by atoms with Crippen LogP contribution in [-0.4, -0.2) is 54.4 Å². The summed E-state index contributed by atoms with van der Waals surface area (Å²) in [6.07, 6.45) is 0. The summed E-state index contributed by atoms with van der Waals surface area (Å²) < 4.78 is 5.57. The Hall–Kier alpha value is -2.08. The van der Waals surface area contributed by atoms with Gasteiger partial charge in [0.25, 0.3) is 5.91 Å². The summed E-state index contributed by atoms with van der Waals surface area (Å²) in [5, 5.41) is 0. The van der Waals surface area contributed by atoms with E-state index in [1.165, 1.54) is 0 Å². The highest BCUT2D eigenvalue weighted by atomic mass is 16.5. The van der Waals surface area contributed by atoms with Crippen molar-refractivity contribution >= 4 is 11.8 Å². The van der Waals surface area contributed by atoms with Crippen LogP contribution in [0.2, 0.25) is 0 Å². The molecule has 0 radical (unpaired) electrons. The number of hydrogen-bond donors (Lipinski definition) is 1. The van der Waals surface area contributed by atoms with Crippen molar-refractivity contribution < 1.29 is 14.3 Å². The lowest BCUT2D eigenvalue weighted by Crippen LogP contribution is -2.51. The molecule has 1 aromatic carbocycles. The molecule has 0 atom stereocenters. The minimum absolute atomic E-state index is 0.00289. The molecule has 1 fully saturated rings. The monoisotopic (exact) mass is 291 g/mol. The number of hydrogen-bond acceptors (Lipinski definition) is 4. The molecule has 1 heterocycles. The average molecular weight is 291 g/mol. The van der Waals surface area contributed by atoms with Gasteiger partial charge in [-0.3, -0.25) is 9.59 Å². The number of amides is 2. The zero-order valence-electron chi connectivity index (χ0n) is 12.2. The molecule has 0 unspecified atom stereocenters. The normalized spacial score (nSPS) is 15.0. The molecule has 0 aliphatic carbocycles. The highest BCUT2D eigenvalue weighted by Gasteiger charge is 2.22. The van der Waals surface area contributed by atoms with Gasteiger partial charge in [-0.05, 0) is 6.07 Å². The molecular weight excluding hydrogens is 270 g/mol. The first kappa shape index (κ1) is 15.3. The summed E-state index contributed by atoms with van der Waals surface area (Å²) in [5.74, 6) is 0.635. The fraction of sp³-hybridized carbons (Fsp3) is 0.467. The summed E-state index contributed by atoms with van der Waals surface area (Å²) in [5.41, 5.74) is 6.51. The van der Waals surface area contributed by atoms with Crippen molar-refractivity contribution in [3.8, 4) is 5.75 Å². The van der Waals surface area contributed by atoms with Crippen molar-refractivity contribution in [2.24, 2.45) is 5.73 Å². The molecule has 1 aliphatic rings. The first-order valence-corrected chi connectivity index (χ1v) is 7.06. The van der Waals surface area contributed by atoms with E-state index >= 15 is 0 Å². The maximum absolute atomic E-state index is 12.1. The number of nitrogens with zero attached hydrogens (tertiary/aromatic N) is 2. The standard InChI is InChI=1S/C15H21N3O3/c1-12(19)17-6-8-18(9-7-17)15(20)11-21-14-5-3-2-4-13(14)10-16/h2-5H,6-11,16H2,1H3. The smallest absolute Gasteiger partial charge is 0.260 e. The van der Waals surface area contributed by atoms with Crippen molar-refractivity contribution in [3.63, 3.8) is 0 Å². The fourth-order valence-corrected chi connectivity index (χ4v) is 2.31. The average Bonchev–Trinajstić information content (AvgIpc) is 2.52. The molecule has 0 spiro atoms. The Morgan fingerprint density at radius 2 is 1.76 bits per heavy atom. The van der Waals surface area contributed by atoms with Gasteiger partial charge in [0, 0.05) is 45.2 Å². The van der Waals surface area contributed by atoms with Gasteiger partial charge in [-0.25, -0.2) is 0 Å². The quantitative estimate of drug-likeness (QED) is 0.860. The van der Waals surface area contributed by atoms with E-state index in [4.69, 9.17) is 10.5 Å². The fourth-order valence-electron chi connectivity index (χ4n) is 2.31. The summed E-state index contributed by atoms with van der Waals surface area (Å²) in [6.45, 7) is 4.20. The molecule has 2 amide bonds. The van der Waals surface area contributed by atoms with Crippen LogP contribution in [0.4, 0.5) is 0 Å². The Labute approximate surface area is 124 Å². The molecule has 6 heteroatoms. The molecule has 0 saturated carbocycles. The highest BCUT2D eigenvalue weighted by Crippen LogP contribution is 2.17. The second-order valence-corrected chi connectivity index (χ2v) is 4.99. The zero-order chi connectivity index (χ0) is 15.2. The maximum Gasteiger partial charge on any atom is 0.260 e. The maximum atomic E-state index is 12.1. The molecule has 1 aromatic rings. The van der Waals surface area contributed by atoms with Crippen LogP contribution in [0.5, 0.6) is 5.75 Å². The number of carbonyl (C=O) groups excluding carboxylic acids is 2. The lowest BCUT2D eigenvalue weighted by Gasteiger charge is -2.34. The lowest BCUT2D eigenvalue weighted by atomic mass is 10.2. The largest absolute Gasteiger partial charge is 0.483 e. The molecule has 1 aliphatic heterocycles. The van der Waals surface area contributed by atoms with Crippen LogP contribution in [0.25, 0.3) is 0 Å². The Kier molecular flexibility index (Phi) is 5.16. The number of piperazine rings is 1. The van der Waals surface area contributed by atoms with Gasteiger partial charge in [0.2, 0.25) is 5.91 Å². The van der Waals surface area contributed by atoms with E-state index in [9.17, 15) is 9.59 Å². The number of para-hydroxylation sites is 1. The van der Waals surface area contributed by atoms with Crippen molar-refractivity contribution in [1.29, 1.82) is 0 Å². The van der Waals surface area contributed by atoms with Crippen LogP contribution in [-0.2, 0) is 16.1 Å². The van der Waals surface area contributed by atoms with Gasteiger partial charge in [0.05, 0.1) is 0 Å². The van der Waals surface area contributed by atoms with E-state index < -0.39 is 0 Å². The molecule has 2 N–H and O–H groups in total. The van der Waals surface area contributed by atoms with Crippen LogP contribution in [0.15, 0.2) is 24.3 Å². The van der Waals surface area contributed by atoms with Gasteiger partial charge in [-0.15, -0.1) is 0 Å². The third-order valence-electron chi connectivity index (χ3n) is 3.62. The summed E-state index contributed by atoms with van der Waals surface area (Å²) in [6, 6.07) is 7.43. The predicted molar refractivity (Wildman–Crippen MR) is 78.7 cm³/mol. The molecule has 0 aromatic heterocycles. The van der Waals surface area contributed by atoms with Gasteiger partial charge in [-0.2, -0.15) is 0 Å². The van der Waals surface area contributed by atoms with Crippen LogP contribution in [0.1, 0.15) is 12.5 Å². The van der Waals surface area contributed by atoms with E-state index in [0.29, 0.717) is 38.5 Å². The van der Waals surface area contributed by atoms with Gasteiger partial charge in [0.1, 0.15) is 5.75 Å². The van der Waals surface area contributed by atoms with E-state index in [1.807, 2.05) is 24.3 Å². The molecule has 2 rings (SSSR count). The first-order chi connectivity index (χ1) is 10.1. The highest BCUT2D eigenvalue weighted by molar-refractivity contribution is 5.78. The van der Waals surface area contributed by atoms with E-state index in [2.05, 4.69) is 0 Å². The molecule has 6 nitrogen and oxygen atoms in total. The molecule has 21 heavy (non-hydrogen) atoms. The topological polar surface area (TPSA) is 75.9 Å². The number of benzene rings is 1. The van der Waals surface area contributed by atoms with Crippen molar-refractivity contribution in [2.75, 3.05) is 32.8 Å². The molecule has 0 bridgehead atoms. The SMILES string of the molecule is CC(=O)N1CCN(C(=O)COc2ccccc2CN)CC1. The van der Waals surface area contributed by atoms with Crippen molar-refractivity contribution in [2.45, 2.75) is 13.5 Å². The predicted octanol–water partition coefficient (Wildman–Crippen LogP) is 0.215. The number of carbonyl (C=O) groups is 2. The van der Waals surface area contributed by atoms with Crippen LogP contribution < -0.4 is 10.5 Å². The summed E-state index contributed by atoms with van der Waals surface area (Å²) in [4.78, 5) is 26.8. The van der Waals surface area contributed by atoms with Crippen molar-refractivity contribution in [1.82, 2.24) is 9.80 Å².